The van der Waals surface area contributed by atoms with Crippen molar-refractivity contribution in [1.29, 1.82) is 0 Å². The smallest absolute Gasteiger partial charge is 0.247 e. The summed E-state index contributed by atoms with van der Waals surface area (Å²) in [4.78, 5) is 19.8. The molecule has 1 fully saturated rings. The van der Waals surface area contributed by atoms with Gasteiger partial charge < -0.3 is 15.1 Å². The van der Waals surface area contributed by atoms with E-state index in [2.05, 4.69) is 44.5 Å². The standard InChI is InChI=1S/C17H22N6O/c1-13-5-3-4-6-15(13)11-18-16-12-19-21-17(20-16)23-9-7-22(8-10-23)14(2)24/h3-6,12H,7-11H2,1-2H3,(H,18,20,21). The number of anilines is 2. The second-order valence-corrected chi connectivity index (χ2v) is 5.91. The molecule has 1 amide bonds. The van der Waals surface area contributed by atoms with Gasteiger partial charge in [0.25, 0.3) is 0 Å². The third kappa shape index (κ3) is 3.79. The summed E-state index contributed by atoms with van der Waals surface area (Å²) in [6.45, 7) is 7.23. The number of benzene rings is 1. The topological polar surface area (TPSA) is 74.2 Å². The van der Waals surface area contributed by atoms with Crippen LogP contribution in [-0.4, -0.2) is 52.2 Å². The maximum atomic E-state index is 11.4. The van der Waals surface area contributed by atoms with Gasteiger partial charge in [0.2, 0.25) is 11.9 Å². The number of carbonyl (C=O) groups is 1. The Balaban J connectivity index is 1.62. The van der Waals surface area contributed by atoms with Gasteiger partial charge in [0.1, 0.15) is 0 Å². The van der Waals surface area contributed by atoms with Gasteiger partial charge in [-0.25, -0.2) is 0 Å². The average Bonchev–Trinajstić information content (AvgIpc) is 2.61. The van der Waals surface area contributed by atoms with E-state index in [4.69, 9.17) is 0 Å². The molecule has 126 valence electrons. The summed E-state index contributed by atoms with van der Waals surface area (Å²) in [7, 11) is 0. The molecule has 2 aromatic rings. The van der Waals surface area contributed by atoms with Crippen LogP contribution in [0.25, 0.3) is 0 Å². The summed E-state index contributed by atoms with van der Waals surface area (Å²) in [5.41, 5.74) is 2.47. The third-order valence-electron chi connectivity index (χ3n) is 4.28. The van der Waals surface area contributed by atoms with Crippen LogP contribution in [0.3, 0.4) is 0 Å². The summed E-state index contributed by atoms with van der Waals surface area (Å²) < 4.78 is 0. The van der Waals surface area contributed by atoms with Crippen molar-refractivity contribution in [2.45, 2.75) is 20.4 Å². The van der Waals surface area contributed by atoms with Gasteiger partial charge in [-0.3, -0.25) is 4.79 Å². The van der Waals surface area contributed by atoms with E-state index in [1.54, 1.807) is 13.1 Å². The summed E-state index contributed by atoms with van der Waals surface area (Å²) in [5.74, 6) is 1.42. The minimum Gasteiger partial charge on any atom is -0.365 e. The normalized spacial score (nSPS) is 14.6. The van der Waals surface area contributed by atoms with Crippen molar-refractivity contribution in [2.24, 2.45) is 0 Å². The summed E-state index contributed by atoms with van der Waals surface area (Å²) in [6.07, 6.45) is 1.63. The number of carbonyl (C=O) groups excluding carboxylic acids is 1. The quantitative estimate of drug-likeness (QED) is 0.917. The number of aromatic nitrogens is 3. The molecule has 0 aliphatic carbocycles. The molecule has 2 heterocycles. The first-order valence-corrected chi connectivity index (χ1v) is 8.12. The number of hydrogen-bond acceptors (Lipinski definition) is 6. The van der Waals surface area contributed by atoms with Gasteiger partial charge >= 0.3 is 0 Å². The second-order valence-electron chi connectivity index (χ2n) is 5.91. The lowest BCUT2D eigenvalue weighted by Gasteiger charge is -2.33. The van der Waals surface area contributed by atoms with Crippen LogP contribution in [0.1, 0.15) is 18.1 Å². The fourth-order valence-corrected chi connectivity index (χ4v) is 2.73. The first-order chi connectivity index (χ1) is 11.6. The summed E-state index contributed by atoms with van der Waals surface area (Å²) >= 11 is 0. The lowest BCUT2D eigenvalue weighted by Crippen LogP contribution is -2.48. The largest absolute Gasteiger partial charge is 0.365 e. The molecule has 0 atom stereocenters. The van der Waals surface area contributed by atoms with Crippen LogP contribution < -0.4 is 10.2 Å². The van der Waals surface area contributed by atoms with Gasteiger partial charge in [-0.05, 0) is 18.1 Å². The van der Waals surface area contributed by atoms with Gasteiger partial charge in [0.15, 0.2) is 5.82 Å². The highest BCUT2D eigenvalue weighted by Gasteiger charge is 2.20. The van der Waals surface area contributed by atoms with E-state index in [9.17, 15) is 4.79 Å². The summed E-state index contributed by atoms with van der Waals surface area (Å²) in [6, 6.07) is 8.25. The molecule has 0 unspecified atom stereocenters. The van der Waals surface area contributed by atoms with E-state index >= 15 is 0 Å². The first kappa shape index (κ1) is 16.2. The van der Waals surface area contributed by atoms with Crippen LogP contribution in [0, 0.1) is 6.92 Å². The van der Waals surface area contributed by atoms with Gasteiger partial charge in [0.05, 0.1) is 6.20 Å². The Morgan fingerprint density at radius 1 is 1.21 bits per heavy atom. The van der Waals surface area contributed by atoms with Crippen LogP contribution >= 0.6 is 0 Å². The number of aryl methyl sites for hydroxylation is 1. The number of nitrogens with zero attached hydrogens (tertiary/aromatic N) is 5. The van der Waals surface area contributed by atoms with Crippen LogP contribution in [0.15, 0.2) is 30.5 Å². The van der Waals surface area contributed by atoms with Gasteiger partial charge in [-0.15, -0.1) is 5.10 Å². The molecule has 3 rings (SSSR count). The molecule has 0 saturated carbocycles. The van der Waals surface area contributed by atoms with Crippen molar-refractivity contribution < 1.29 is 4.79 Å². The molecule has 1 aromatic heterocycles. The van der Waals surface area contributed by atoms with E-state index in [0.717, 1.165) is 13.1 Å². The highest BCUT2D eigenvalue weighted by molar-refractivity contribution is 5.73. The zero-order chi connectivity index (χ0) is 16.9. The van der Waals surface area contributed by atoms with Crippen LogP contribution in [-0.2, 0) is 11.3 Å². The Hall–Kier alpha value is -2.70. The minimum atomic E-state index is 0.113. The highest BCUT2D eigenvalue weighted by Crippen LogP contribution is 2.14. The van der Waals surface area contributed by atoms with Crippen molar-refractivity contribution in [3.63, 3.8) is 0 Å². The molecular formula is C17H22N6O. The Bertz CT molecular complexity index is 712. The van der Waals surface area contributed by atoms with Gasteiger partial charge in [0, 0.05) is 39.6 Å². The average molecular weight is 326 g/mol. The molecule has 1 aromatic carbocycles. The molecule has 1 N–H and O–H groups in total. The molecular weight excluding hydrogens is 304 g/mol. The lowest BCUT2D eigenvalue weighted by atomic mass is 10.1. The van der Waals surface area contributed by atoms with Crippen molar-refractivity contribution >= 4 is 17.7 Å². The molecule has 1 aliphatic heterocycles. The van der Waals surface area contributed by atoms with E-state index in [1.807, 2.05) is 17.0 Å². The van der Waals surface area contributed by atoms with Gasteiger partial charge in [-0.2, -0.15) is 10.1 Å². The Morgan fingerprint density at radius 3 is 2.67 bits per heavy atom. The van der Waals surface area contributed by atoms with Crippen molar-refractivity contribution in [3.8, 4) is 0 Å². The van der Waals surface area contributed by atoms with Crippen LogP contribution in [0.5, 0.6) is 0 Å². The minimum absolute atomic E-state index is 0.113. The van der Waals surface area contributed by atoms with Crippen molar-refractivity contribution in [1.82, 2.24) is 20.1 Å². The maximum absolute atomic E-state index is 11.4. The summed E-state index contributed by atoms with van der Waals surface area (Å²) in [5, 5.41) is 11.5. The number of amides is 1. The van der Waals surface area contributed by atoms with Crippen LogP contribution in [0.2, 0.25) is 0 Å². The Labute approximate surface area is 141 Å². The highest BCUT2D eigenvalue weighted by atomic mass is 16.2. The predicted octanol–water partition coefficient (Wildman–Crippen LogP) is 1.46. The molecule has 0 radical (unpaired) electrons. The Morgan fingerprint density at radius 2 is 1.96 bits per heavy atom. The number of piperazine rings is 1. The first-order valence-electron chi connectivity index (χ1n) is 8.12. The fourth-order valence-electron chi connectivity index (χ4n) is 2.73. The van der Waals surface area contributed by atoms with E-state index < -0.39 is 0 Å². The zero-order valence-electron chi connectivity index (χ0n) is 14.1. The SMILES string of the molecule is CC(=O)N1CCN(c2nncc(NCc3ccccc3C)n2)CC1. The molecule has 0 spiro atoms. The van der Waals surface area contributed by atoms with E-state index in [0.29, 0.717) is 31.4 Å². The van der Waals surface area contributed by atoms with E-state index in [1.165, 1.54) is 11.1 Å². The maximum Gasteiger partial charge on any atom is 0.247 e. The molecule has 1 saturated heterocycles. The van der Waals surface area contributed by atoms with Gasteiger partial charge in [-0.1, -0.05) is 24.3 Å². The monoisotopic (exact) mass is 326 g/mol. The number of rotatable bonds is 4. The molecule has 0 bridgehead atoms. The fraction of sp³-hybridized carbons (Fsp3) is 0.412. The zero-order valence-corrected chi connectivity index (χ0v) is 14.1. The van der Waals surface area contributed by atoms with Crippen molar-refractivity contribution in [2.75, 3.05) is 36.4 Å². The lowest BCUT2D eigenvalue weighted by molar-refractivity contribution is -0.129. The second kappa shape index (κ2) is 7.25. The van der Waals surface area contributed by atoms with E-state index in [-0.39, 0.29) is 5.91 Å². The van der Waals surface area contributed by atoms with Crippen LogP contribution in [0.4, 0.5) is 11.8 Å². The molecule has 7 nitrogen and oxygen atoms in total. The predicted molar refractivity (Wildman–Crippen MR) is 92.8 cm³/mol. The number of hydrogen-bond donors (Lipinski definition) is 1. The van der Waals surface area contributed by atoms with Crippen molar-refractivity contribution in [3.05, 3.63) is 41.6 Å². The third-order valence-corrected chi connectivity index (χ3v) is 4.28. The molecule has 7 heteroatoms. The molecule has 24 heavy (non-hydrogen) atoms. The number of nitrogens with one attached hydrogen (secondary N) is 1. The Kier molecular flexibility index (Phi) is 4.88. The molecule has 1 aliphatic rings.